The number of benzene rings is 1. The number of esters is 1. The first kappa shape index (κ1) is 18.2. The molecule has 0 spiro atoms. The van der Waals surface area contributed by atoms with Crippen LogP contribution in [0.15, 0.2) is 24.3 Å². The maximum atomic E-state index is 12.3. The zero-order chi connectivity index (χ0) is 18.5. The lowest BCUT2D eigenvalue weighted by atomic mass is 9.81. The van der Waals surface area contributed by atoms with Gasteiger partial charge in [0.2, 0.25) is 11.8 Å². The van der Waals surface area contributed by atoms with Gasteiger partial charge in [0.15, 0.2) is 0 Å². The van der Waals surface area contributed by atoms with Crippen LogP contribution in [0.3, 0.4) is 0 Å². The number of methoxy groups -OCH3 is 1. The number of fused-ring (bicyclic) bond motifs is 1. The van der Waals surface area contributed by atoms with E-state index in [2.05, 4.69) is 0 Å². The fraction of sp³-hybridized carbons (Fsp3) is 0.526. The van der Waals surface area contributed by atoms with Crippen LogP contribution in [-0.2, 0) is 19.1 Å². The van der Waals surface area contributed by atoms with Crippen molar-refractivity contribution in [2.24, 2.45) is 11.8 Å². The van der Waals surface area contributed by atoms with Crippen molar-refractivity contribution in [2.45, 2.75) is 25.7 Å². The smallest absolute Gasteiger partial charge is 0.326 e. The normalized spacial score (nSPS) is 22.1. The highest BCUT2D eigenvalue weighted by Gasteiger charge is 2.48. The Kier molecular flexibility index (Phi) is 5.75. The van der Waals surface area contributed by atoms with E-state index < -0.39 is 5.97 Å². The molecule has 0 aromatic heterocycles. The maximum absolute atomic E-state index is 12.3. The molecule has 0 N–H and O–H groups in total. The Balaban J connectivity index is 1.41. The lowest BCUT2D eigenvalue weighted by Gasteiger charge is -2.19. The molecule has 3 rings (SSSR count). The summed E-state index contributed by atoms with van der Waals surface area (Å²) in [5.41, 5.74) is 0. The van der Waals surface area contributed by atoms with Gasteiger partial charge in [0.1, 0.15) is 31.3 Å². The molecule has 0 radical (unpaired) electrons. The first-order valence-electron chi connectivity index (χ1n) is 8.88. The van der Waals surface area contributed by atoms with Gasteiger partial charge in [-0.2, -0.15) is 0 Å². The molecule has 26 heavy (non-hydrogen) atoms. The van der Waals surface area contributed by atoms with E-state index in [0.717, 1.165) is 36.3 Å². The Morgan fingerprint density at radius 1 is 1.00 bits per heavy atom. The summed E-state index contributed by atoms with van der Waals surface area (Å²) in [6.45, 7) is -0.0770. The molecule has 7 heteroatoms. The fourth-order valence-corrected chi connectivity index (χ4v) is 3.55. The van der Waals surface area contributed by atoms with Gasteiger partial charge in [0.05, 0.1) is 18.9 Å². The SMILES string of the molecule is COc1ccc(OCCOC(=O)CN2C(=O)C3CCCCC3C2=O)cc1. The molecule has 7 nitrogen and oxygen atoms in total. The van der Waals surface area contributed by atoms with Gasteiger partial charge in [0.25, 0.3) is 0 Å². The van der Waals surface area contributed by atoms with Gasteiger partial charge in [-0.3, -0.25) is 19.3 Å². The summed E-state index contributed by atoms with van der Waals surface area (Å²) in [6, 6.07) is 7.05. The number of imide groups is 1. The Morgan fingerprint density at radius 2 is 1.58 bits per heavy atom. The molecule has 0 bridgehead atoms. The van der Waals surface area contributed by atoms with Crippen LogP contribution in [0, 0.1) is 11.8 Å². The standard InChI is InChI=1S/C19H23NO6/c1-24-13-6-8-14(9-7-13)25-10-11-26-17(21)12-20-18(22)15-4-2-3-5-16(15)19(20)23/h6-9,15-16H,2-5,10-12H2,1H3. The average molecular weight is 361 g/mol. The highest BCUT2D eigenvalue weighted by Crippen LogP contribution is 2.37. The first-order chi connectivity index (χ1) is 12.6. The number of hydrogen-bond acceptors (Lipinski definition) is 6. The zero-order valence-electron chi connectivity index (χ0n) is 14.8. The molecule has 1 aromatic rings. The van der Waals surface area contributed by atoms with Crippen molar-refractivity contribution in [3.8, 4) is 11.5 Å². The third kappa shape index (κ3) is 3.98. The molecule has 2 fully saturated rings. The van der Waals surface area contributed by atoms with Crippen molar-refractivity contribution in [1.82, 2.24) is 4.90 Å². The molecule has 1 heterocycles. The van der Waals surface area contributed by atoms with Crippen LogP contribution in [0.1, 0.15) is 25.7 Å². The van der Waals surface area contributed by atoms with Crippen LogP contribution >= 0.6 is 0 Å². The highest BCUT2D eigenvalue weighted by molar-refractivity contribution is 6.07. The van der Waals surface area contributed by atoms with Gasteiger partial charge < -0.3 is 14.2 Å². The minimum atomic E-state index is -0.594. The van der Waals surface area contributed by atoms with Gasteiger partial charge in [-0.25, -0.2) is 0 Å². The van der Waals surface area contributed by atoms with Gasteiger partial charge in [-0.15, -0.1) is 0 Å². The molecule has 1 saturated heterocycles. The van der Waals surface area contributed by atoms with Gasteiger partial charge >= 0.3 is 5.97 Å². The van der Waals surface area contributed by atoms with E-state index in [1.54, 1.807) is 31.4 Å². The summed E-state index contributed by atoms with van der Waals surface area (Å²) >= 11 is 0. The fourth-order valence-electron chi connectivity index (χ4n) is 3.55. The molecule has 140 valence electrons. The van der Waals surface area contributed by atoms with E-state index in [0.29, 0.717) is 5.75 Å². The van der Waals surface area contributed by atoms with Gasteiger partial charge in [-0.1, -0.05) is 12.8 Å². The summed E-state index contributed by atoms with van der Waals surface area (Å²) < 4.78 is 15.6. The molecule has 2 atom stereocenters. The van der Waals surface area contributed by atoms with Crippen molar-refractivity contribution < 1.29 is 28.6 Å². The number of carbonyl (C=O) groups is 3. The van der Waals surface area contributed by atoms with E-state index in [1.165, 1.54) is 0 Å². The predicted octanol–water partition coefficient (Wildman–Crippen LogP) is 1.79. The van der Waals surface area contributed by atoms with Crippen LogP contribution in [0.2, 0.25) is 0 Å². The van der Waals surface area contributed by atoms with Crippen molar-refractivity contribution in [3.63, 3.8) is 0 Å². The highest BCUT2D eigenvalue weighted by atomic mass is 16.6. The summed E-state index contributed by atoms with van der Waals surface area (Å²) in [7, 11) is 1.58. The van der Waals surface area contributed by atoms with Crippen LogP contribution < -0.4 is 9.47 Å². The van der Waals surface area contributed by atoms with Gasteiger partial charge in [0, 0.05) is 0 Å². The Labute approximate surface area is 152 Å². The van der Waals surface area contributed by atoms with Crippen LogP contribution in [0.4, 0.5) is 0 Å². The third-order valence-corrected chi connectivity index (χ3v) is 4.89. The molecule has 1 aliphatic carbocycles. The number of nitrogens with zero attached hydrogens (tertiary/aromatic N) is 1. The Hall–Kier alpha value is -2.57. The van der Waals surface area contributed by atoms with E-state index in [9.17, 15) is 14.4 Å². The molecule has 1 saturated carbocycles. The number of likely N-dealkylation sites (tertiary alicyclic amines) is 1. The maximum Gasteiger partial charge on any atom is 0.326 e. The Morgan fingerprint density at radius 3 is 2.15 bits per heavy atom. The monoisotopic (exact) mass is 361 g/mol. The quantitative estimate of drug-likeness (QED) is 0.418. The summed E-state index contributed by atoms with van der Waals surface area (Å²) in [5, 5.41) is 0. The van der Waals surface area contributed by atoms with Crippen LogP contribution in [0.25, 0.3) is 0 Å². The predicted molar refractivity (Wildman–Crippen MR) is 91.6 cm³/mol. The van der Waals surface area contributed by atoms with Gasteiger partial charge in [-0.05, 0) is 37.1 Å². The summed E-state index contributed by atoms with van der Waals surface area (Å²) in [5.74, 6) is -0.189. The second-order valence-electron chi connectivity index (χ2n) is 6.50. The minimum Gasteiger partial charge on any atom is -0.497 e. The average Bonchev–Trinajstić information content (AvgIpc) is 2.91. The second kappa shape index (κ2) is 8.21. The largest absolute Gasteiger partial charge is 0.497 e. The first-order valence-corrected chi connectivity index (χ1v) is 8.88. The molecular weight excluding hydrogens is 338 g/mol. The van der Waals surface area contributed by atoms with E-state index in [1.807, 2.05) is 0 Å². The van der Waals surface area contributed by atoms with Crippen molar-refractivity contribution >= 4 is 17.8 Å². The number of rotatable bonds is 7. The van der Waals surface area contributed by atoms with E-state index in [4.69, 9.17) is 14.2 Å². The molecule has 2 amide bonds. The van der Waals surface area contributed by atoms with Crippen molar-refractivity contribution in [3.05, 3.63) is 24.3 Å². The molecule has 2 unspecified atom stereocenters. The van der Waals surface area contributed by atoms with Crippen LogP contribution in [-0.4, -0.2) is 49.6 Å². The lowest BCUT2D eigenvalue weighted by Crippen LogP contribution is -2.37. The summed E-state index contributed by atoms with van der Waals surface area (Å²) in [4.78, 5) is 37.6. The Bertz CT molecular complexity index is 647. The van der Waals surface area contributed by atoms with E-state index in [-0.39, 0.29) is 43.4 Å². The molecule has 1 aliphatic heterocycles. The zero-order valence-corrected chi connectivity index (χ0v) is 14.8. The number of hydrogen-bond donors (Lipinski definition) is 0. The summed E-state index contributed by atoms with van der Waals surface area (Å²) in [6.07, 6.45) is 3.38. The lowest BCUT2D eigenvalue weighted by molar-refractivity contribution is -0.153. The van der Waals surface area contributed by atoms with Crippen LogP contribution in [0.5, 0.6) is 11.5 Å². The molecule has 1 aromatic carbocycles. The number of ether oxygens (including phenoxy) is 3. The number of carbonyl (C=O) groups excluding carboxylic acids is 3. The number of amides is 2. The second-order valence-corrected chi connectivity index (χ2v) is 6.50. The minimum absolute atomic E-state index is 0.0495. The van der Waals surface area contributed by atoms with E-state index >= 15 is 0 Å². The molecule has 2 aliphatic rings. The third-order valence-electron chi connectivity index (χ3n) is 4.89. The topological polar surface area (TPSA) is 82.1 Å². The molecular formula is C19H23NO6. The van der Waals surface area contributed by atoms with Crippen molar-refractivity contribution in [2.75, 3.05) is 26.9 Å². The van der Waals surface area contributed by atoms with Crippen molar-refractivity contribution in [1.29, 1.82) is 0 Å².